The van der Waals surface area contributed by atoms with E-state index in [4.69, 9.17) is 14.1 Å². The van der Waals surface area contributed by atoms with Gasteiger partial charge in [0.25, 0.3) is 5.91 Å². The van der Waals surface area contributed by atoms with Crippen LogP contribution in [0, 0.1) is 6.92 Å². The second-order valence-corrected chi connectivity index (χ2v) is 5.22. The van der Waals surface area contributed by atoms with Crippen molar-refractivity contribution in [3.63, 3.8) is 0 Å². The third-order valence-electron chi connectivity index (χ3n) is 3.30. The Bertz CT molecular complexity index is 833. The minimum absolute atomic E-state index is 0.104. The van der Waals surface area contributed by atoms with Gasteiger partial charge in [-0.05, 0) is 17.7 Å². The van der Waals surface area contributed by atoms with E-state index in [1.54, 1.807) is 31.2 Å². The van der Waals surface area contributed by atoms with Crippen LogP contribution in [-0.2, 0) is 18.1 Å². The first-order valence-electron chi connectivity index (χ1n) is 7.69. The van der Waals surface area contributed by atoms with E-state index in [1.165, 1.54) is 0 Å². The molecule has 0 fully saturated rings. The SMILES string of the molecule is Cc1nc(COc2ccccc2C(=O)NOCc2ccccc2)no1. The van der Waals surface area contributed by atoms with Gasteiger partial charge in [0.1, 0.15) is 5.75 Å². The van der Waals surface area contributed by atoms with Gasteiger partial charge in [0.15, 0.2) is 6.61 Å². The summed E-state index contributed by atoms with van der Waals surface area (Å²) in [5.74, 6) is 0.883. The van der Waals surface area contributed by atoms with Gasteiger partial charge in [-0.1, -0.05) is 47.6 Å². The number of ether oxygens (including phenoxy) is 1. The number of carbonyl (C=O) groups excluding carboxylic acids is 1. The van der Waals surface area contributed by atoms with Gasteiger partial charge in [-0.15, -0.1) is 0 Å². The summed E-state index contributed by atoms with van der Waals surface area (Å²) < 4.78 is 10.5. The van der Waals surface area contributed by atoms with Crippen LogP contribution in [0.15, 0.2) is 59.1 Å². The molecule has 0 radical (unpaired) electrons. The second kappa shape index (κ2) is 8.07. The maximum atomic E-state index is 12.3. The number of hydrogen-bond acceptors (Lipinski definition) is 6. The fraction of sp³-hybridized carbons (Fsp3) is 0.167. The molecule has 0 unspecified atom stereocenters. The second-order valence-electron chi connectivity index (χ2n) is 5.22. The van der Waals surface area contributed by atoms with Gasteiger partial charge < -0.3 is 9.26 Å². The number of para-hydroxylation sites is 1. The number of nitrogens with one attached hydrogen (secondary N) is 1. The third-order valence-corrected chi connectivity index (χ3v) is 3.30. The molecule has 0 atom stereocenters. The zero-order valence-corrected chi connectivity index (χ0v) is 13.6. The van der Waals surface area contributed by atoms with Crippen molar-refractivity contribution >= 4 is 5.91 Å². The summed E-state index contributed by atoms with van der Waals surface area (Å²) in [4.78, 5) is 21.6. The van der Waals surface area contributed by atoms with Crippen LogP contribution in [0.5, 0.6) is 5.75 Å². The Morgan fingerprint density at radius 2 is 1.84 bits per heavy atom. The number of nitrogens with zero attached hydrogens (tertiary/aromatic N) is 2. The summed E-state index contributed by atoms with van der Waals surface area (Å²) in [5.41, 5.74) is 3.74. The number of rotatable bonds is 7. The van der Waals surface area contributed by atoms with Crippen LogP contribution < -0.4 is 10.2 Å². The van der Waals surface area contributed by atoms with Crippen molar-refractivity contribution in [1.82, 2.24) is 15.6 Å². The molecule has 0 aliphatic heterocycles. The number of amides is 1. The fourth-order valence-electron chi connectivity index (χ4n) is 2.14. The van der Waals surface area contributed by atoms with E-state index < -0.39 is 5.91 Å². The summed E-state index contributed by atoms with van der Waals surface area (Å²) >= 11 is 0. The summed E-state index contributed by atoms with van der Waals surface area (Å²) in [6.07, 6.45) is 0. The molecule has 7 nitrogen and oxygen atoms in total. The van der Waals surface area contributed by atoms with Gasteiger partial charge >= 0.3 is 0 Å². The number of aromatic nitrogens is 2. The lowest BCUT2D eigenvalue weighted by Gasteiger charge is -2.10. The van der Waals surface area contributed by atoms with Crippen molar-refractivity contribution in [2.24, 2.45) is 0 Å². The smallest absolute Gasteiger partial charge is 0.278 e. The van der Waals surface area contributed by atoms with E-state index in [-0.39, 0.29) is 13.2 Å². The predicted molar refractivity (Wildman–Crippen MR) is 88.5 cm³/mol. The van der Waals surface area contributed by atoms with Crippen molar-refractivity contribution in [2.75, 3.05) is 0 Å². The average Bonchev–Trinajstić information content (AvgIpc) is 3.06. The Balaban J connectivity index is 1.58. The van der Waals surface area contributed by atoms with Crippen LogP contribution in [-0.4, -0.2) is 16.0 Å². The zero-order chi connectivity index (χ0) is 17.5. The molecule has 1 N–H and O–H groups in total. The van der Waals surface area contributed by atoms with Gasteiger partial charge in [0, 0.05) is 6.92 Å². The zero-order valence-electron chi connectivity index (χ0n) is 13.6. The number of hydroxylamine groups is 1. The number of benzene rings is 2. The van der Waals surface area contributed by atoms with Crippen LogP contribution in [0.25, 0.3) is 0 Å². The van der Waals surface area contributed by atoms with Crippen LogP contribution in [0.2, 0.25) is 0 Å². The lowest BCUT2D eigenvalue weighted by atomic mass is 10.2. The molecule has 1 amide bonds. The quantitative estimate of drug-likeness (QED) is 0.666. The highest BCUT2D eigenvalue weighted by Gasteiger charge is 2.13. The monoisotopic (exact) mass is 339 g/mol. The number of carbonyl (C=O) groups is 1. The number of hydrogen-bond donors (Lipinski definition) is 1. The predicted octanol–water partition coefficient (Wildman–Crippen LogP) is 2.82. The summed E-state index contributed by atoms with van der Waals surface area (Å²) in [7, 11) is 0. The number of aryl methyl sites for hydroxylation is 1. The van der Waals surface area contributed by atoms with Crippen molar-refractivity contribution in [3.8, 4) is 5.75 Å². The molecule has 128 valence electrons. The molecular weight excluding hydrogens is 322 g/mol. The van der Waals surface area contributed by atoms with Gasteiger partial charge in [-0.3, -0.25) is 9.63 Å². The molecule has 0 saturated heterocycles. The van der Waals surface area contributed by atoms with Gasteiger partial charge in [-0.2, -0.15) is 4.98 Å². The van der Waals surface area contributed by atoms with E-state index in [1.807, 2.05) is 30.3 Å². The van der Waals surface area contributed by atoms with Crippen molar-refractivity contribution in [3.05, 3.63) is 77.4 Å². The Hall–Kier alpha value is -3.19. The van der Waals surface area contributed by atoms with Crippen LogP contribution >= 0.6 is 0 Å². The Labute approximate surface area is 144 Å². The summed E-state index contributed by atoms with van der Waals surface area (Å²) in [6, 6.07) is 16.4. The molecule has 7 heteroatoms. The minimum Gasteiger partial charge on any atom is -0.485 e. The lowest BCUT2D eigenvalue weighted by molar-refractivity contribution is 0.0230. The molecule has 1 heterocycles. The molecular formula is C18H17N3O4. The van der Waals surface area contributed by atoms with Crippen LogP contribution in [0.1, 0.15) is 27.6 Å². The Morgan fingerprint density at radius 3 is 2.60 bits per heavy atom. The molecule has 0 aliphatic rings. The molecule has 3 aromatic rings. The highest BCUT2D eigenvalue weighted by molar-refractivity contribution is 5.96. The first-order chi connectivity index (χ1) is 12.2. The largest absolute Gasteiger partial charge is 0.485 e. The average molecular weight is 339 g/mol. The first kappa shape index (κ1) is 16.7. The molecule has 25 heavy (non-hydrogen) atoms. The first-order valence-corrected chi connectivity index (χ1v) is 7.69. The van der Waals surface area contributed by atoms with E-state index >= 15 is 0 Å². The third kappa shape index (κ3) is 4.65. The Morgan fingerprint density at radius 1 is 1.08 bits per heavy atom. The minimum atomic E-state index is -0.393. The van der Waals surface area contributed by atoms with Crippen molar-refractivity contribution < 1.29 is 18.9 Å². The van der Waals surface area contributed by atoms with Gasteiger partial charge in [0.05, 0.1) is 12.2 Å². The highest BCUT2D eigenvalue weighted by Crippen LogP contribution is 2.19. The molecule has 1 aromatic heterocycles. The molecule has 2 aromatic carbocycles. The van der Waals surface area contributed by atoms with Crippen molar-refractivity contribution in [2.45, 2.75) is 20.1 Å². The van der Waals surface area contributed by atoms with Gasteiger partial charge in [0.2, 0.25) is 11.7 Å². The molecule has 0 spiro atoms. The fourth-order valence-corrected chi connectivity index (χ4v) is 2.14. The maximum Gasteiger partial charge on any atom is 0.278 e. The Kier molecular flexibility index (Phi) is 5.38. The van der Waals surface area contributed by atoms with Gasteiger partial charge in [-0.25, -0.2) is 5.48 Å². The molecule has 0 bridgehead atoms. The van der Waals surface area contributed by atoms with E-state index in [0.29, 0.717) is 23.0 Å². The lowest BCUT2D eigenvalue weighted by Crippen LogP contribution is -2.24. The highest BCUT2D eigenvalue weighted by atomic mass is 16.6. The topological polar surface area (TPSA) is 86.5 Å². The van der Waals surface area contributed by atoms with Crippen molar-refractivity contribution in [1.29, 1.82) is 0 Å². The molecule has 0 saturated carbocycles. The molecule has 3 rings (SSSR count). The maximum absolute atomic E-state index is 12.3. The normalized spacial score (nSPS) is 10.4. The summed E-state index contributed by atoms with van der Waals surface area (Å²) in [6.45, 7) is 2.08. The van der Waals surface area contributed by atoms with Crippen LogP contribution in [0.4, 0.5) is 0 Å². The standard InChI is InChI=1S/C18H17N3O4/c1-13-19-17(20-25-13)12-23-16-10-6-5-9-15(16)18(22)21-24-11-14-7-3-2-4-8-14/h2-10H,11-12H2,1H3,(H,21,22). The summed E-state index contributed by atoms with van der Waals surface area (Å²) in [5, 5.41) is 3.75. The van der Waals surface area contributed by atoms with E-state index in [2.05, 4.69) is 15.6 Å². The molecule has 0 aliphatic carbocycles. The van der Waals surface area contributed by atoms with E-state index in [0.717, 1.165) is 5.56 Å². The van der Waals surface area contributed by atoms with E-state index in [9.17, 15) is 4.79 Å². The van der Waals surface area contributed by atoms with Crippen LogP contribution in [0.3, 0.4) is 0 Å².